The topological polar surface area (TPSA) is 119 Å². The first-order valence-electron chi connectivity index (χ1n) is 19.9. The molecule has 9 nitrogen and oxygen atoms in total. The van der Waals surface area contributed by atoms with Crippen LogP contribution >= 0.6 is 0 Å². The summed E-state index contributed by atoms with van der Waals surface area (Å²) in [6.45, 7) is 13.8. The highest BCUT2D eigenvalue weighted by Crippen LogP contribution is 2.44. The molecular formula is C48H52N6O3. The van der Waals surface area contributed by atoms with E-state index in [1.807, 2.05) is 103 Å². The van der Waals surface area contributed by atoms with Crippen LogP contribution in [-0.4, -0.2) is 46.8 Å². The summed E-state index contributed by atoms with van der Waals surface area (Å²) in [6, 6.07) is 34.9. The van der Waals surface area contributed by atoms with Crippen LogP contribution < -0.4 is 4.74 Å². The average Bonchev–Trinajstić information content (AvgIpc) is 3.63. The van der Waals surface area contributed by atoms with Gasteiger partial charge in [0.25, 0.3) is 0 Å². The van der Waals surface area contributed by atoms with Crippen molar-refractivity contribution in [2.75, 3.05) is 6.61 Å². The van der Waals surface area contributed by atoms with Crippen molar-refractivity contribution < 1.29 is 14.9 Å². The molecule has 2 N–H and O–H groups in total. The third-order valence-electron chi connectivity index (χ3n) is 10.2. The van der Waals surface area contributed by atoms with Gasteiger partial charge < -0.3 is 14.9 Å². The van der Waals surface area contributed by atoms with E-state index in [-0.39, 0.29) is 28.7 Å². The summed E-state index contributed by atoms with van der Waals surface area (Å²) in [6.07, 6.45) is 5.22. The van der Waals surface area contributed by atoms with Gasteiger partial charge in [-0.3, -0.25) is 0 Å². The number of ether oxygens (including phenoxy) is 1. The number of fused-ring (bicyclic) bond motifs is 1. The van der Waals surface area contributed by atoms with Crippen LogP contribution in [0.3, 0.4) is 0 Å². The maximum atomic E-state index is 12.4. The van der Waals surface area contributed by atoms with E-state index in [1.54, 1.807) is 0 Å². The molecule has 0 bridgehead atoms. The molecule has 2 heterocycles. The molecule has 0 aliphatic carbocycles. The molecule has 7 rings (SSSR count). The Morgan fingerprint density at radius 3 is 1.79 bits per heavy atom. The van der Waals surface area contributed by atoms with E-state index in [4.69, 9.17) is 29.9 Å². The minimum atomic E-state index is -0.281. The highest BCUT2D eigenvalue weighted by atomic mass is 16.5. The molecule has 0 unspecified atom stereocenters. The summed E-state index contributed by atoms with van der Waals surface area (Å²) >= 11 is 0. The molecule has 57 heavy (non-hydrogen) atoms. The Hall–Kier alpha value is -6.09. The van der Waals surface area contributed by atoms with Crippen molar-refractivity contribution in [2.24, 2.45) is 5.41 Å². The third-order valence-corrected chi connectivity index (χ3v) is 10.2. The number of hydrogen-bond donors (Lipinski definition) is 2. The van der Waals surface area contributed by atoms with Crippen LogP contribution in [0.5, 0.6) is 17.2 Å². The zero-order valence-corrected chi connectivity index (χ0v) is 33.8. The molecule has 0 fully saturated rings. The Balaban J connectivity index is 1.39. The smallest absolute Gasteiger partial charge is 0.167 e. The van der Waals surface area contributed by atoms with E-state index < -0.39 is 0 Å². The van der Waals surface area contributed by atoms with Crippen molar-refractivity contribution in [1.82, 2.24) is 29.9 Å². The van der Waals surface area contributed by atoms with Crippen LogP contribution in [0.15, 0.2) is 109 Å². The van der Waals surface area contributed by atoms with Crippen molar-refractivity contribution in [3.05, 3.63) is 126 Å². The second kappa shape index (κ2) is 16.6. The van der Waals surface area contributed by atoms with Gasteiger partial charge in [0, 0.05) is 28.7 Å². The molecule has 9 heteroatoms. The van der Waals surface area contributed by atoms with Gasteiger partial charge in [-0.05, 0) is 59.6 Å². The van der Waals surface area contributed by atoms with Gasteiger partial charge in [-0.15, -0.1) is 15.0 Å². The Kier molecular flexibility index (Phi) is 11.4. The summed E-state index contributed by atoms with van der Waals surface area (Å²) < 4.78 is 6.45. The van der Waals surface area contributed by atoms with Gasteiger partial charge in [0.15, 0.2) is 17.5 Å². The van der Waals surface area contributed by atoms with Gasteiger partial charge in [0.1, 0.15) is 34.0 Å². The Morgan fingerprint density at radius 1 is 0.632 bits per heavy atom. The minimum absolute atomic E-state index is 0.0199. The van der Waals surface area contributed by atoms with E-state index in [0.717, 1.165) is 59.8 Å². The number of nitrogens with zero attached hydrogens (tertiary/aromatic N) is 6. The fourth-order valence-electron chi connectivity index (χ4n) is 7.69. The first-order chi connectivity index (χ1) is 27.4. The summed E-state index contributed by atoms with van der Waals surface area (Å²) in [4.78, 5) is 16.2. The lowest BCUT2D eigenvalue weighted by atomic mass is 9.72. The van der Waals surface area contributed by atoms with Crippen LogP contribution in [0.2, 0.25) is 0 Å². The molecule has 0 saturated heterocycles. The molecule has 5 aromatic carbocycles. The first kappa shape index (κ1) is 39.2. The summed E-state index contributed by atoms with van der Waals surface area (Å²) in [7, 11) is 0. The van der Waals surface area contributed by atoms with E-state index in [2.05, 4.69) is 47.6 Å². The maximum Gasteiger partial charge on any atom is 0.167 e. The van der Waals surface area contributed by atoms with Gasteiger partial charge in [0.2, 0.25) is 0 Å². The lowest BCUT2D eigenvalue weighted by Crippen LogP contribution is -2.25. The average molecular weight is 761 g/mol. The predicted octanol–water partition coefficient (Wildman–Crippen LogP) is 11.3. The van der Waals surface area contributed by atoms with Gasteiger partial charge in [-0.1, -0.05) is 140 Å². The predicted molar refractivity (Wildman–Crippen MR) is 228 cm³/mol. The highest BCUT2D eigenvalue weighted by molar-refractivity contribution is 5.75. The van der Waals surface area contributed by atoms with E-state index in [9.17, 15) is 10.2 Å². The fraction of sp³-hybridized carbons (Fsp3) is 0.312. The molecule has 0 aliphatic heterocycles. The first-order valence-corrected chi connectivity index (χ1v) is 19.9. The van der Waals surface area contributed by atoms with E-state index in [0.29, 0.717) is 52.2 Å². The molecule has 7 aromatic rings. The fourth-order valence-corrected chi connectivity index (χ4v) is 7.69. The number of unbranched alkanes of at least 4 members (excludes halogenated alkanes) is 3. The Morgan fingerprint density at radius 2 is 1.21 bits per heavy atom. The number of benzene rings is 5. The standard InChI is InChI=1S/C48H52N6O3/c1-7-8-9-18-27-57-41-26-25-36(46-50-44(32-19-12-10-13-20-32)49-45(51-46)33-21-14-11-15-22-33)43(56)37(41)29-34-28-35(48(5,6)31-47(2,3)4)30-40(42(34)55)54-52-38-23-16-17-24-39(38)53-54/h10-17,19-26,28,30,55-56H,7-9,18,27,29,31H2,1-6H3. The number of aromatic hydroxyl groups is 2. The van der Waals surface area contributed by atoms with Gasteiger partial charge in [0.05, 0.1) is 12.2 Å². The van der Waals surface area contributed by atoms with Crippen LogP contribution in [0, 0.1) is 5.41 Å². The van der Waals surface area contributed by atoms with Crippen LogP contribution in [-0.2, 0) is 11.8 Å². The molecule has 2 aromatic heterocycles. The monoisotopic (exact) mass is 760 g/mol. The summed E-state index contributed by atoms with van der Waals surface area (Å²) in [5, 5.41) is 34.1. The highest BCUT2D eigenvalue weighted by Gasteiger charge is 2.30. The van der Waals surface area contributed by atoms with Gasteiger partial charge >= 0.3 is 0 Å². The summed E-state index contributed by atoms with van der Waals surface area (Å²) in [5.41, 5.74) is 5.93. The SMILES string of the molecule is CCCCCCOc1ccc(-c2nc(-c3ccccc3)nc(-c3ccccc3)n2)c(O)c1Cc1cc(C(C)(C)CC(C)(C)C)cc(-n2nc3ccccc3n2)c1O. The Bertz CT molecular complexity index is 2380. The molecular weight excluding hydrogens is 709 g/mol. The summed E-state index contributed by atoms with van der Waals surface area (Å²) in [5.74, 6) is 1.86. The van der Waals surface area contributed by atoms with Crippen LogP contribution in [0.25, 0.3) is 50.9 Å². The number of aromatic nitrogens is 6. The zero-order chi connectivity index (χ0) is 40.2. The molecule has 0 saturated carbocycles. The number of rotatable bonds is 14. The van der Waals surface area contributed by atoms with Crippen LogP contribution in [0.4, 0.5) is 0 Å². The van der Waals surface area contributed by atoms with Crippen LogP contribution in [0.1, 0.15) is 90.3 Å². The van der Waals surface area contributed by atoms with E-state index >= 15 is 0 Å². The Labute approximate surface area is 335 Å². The molecule has 0 spiro atoms. The van der Waals surface area contributed by atoms with Crippen molar-refractivity contribution >= 4 is 11.0 Å². The third kappa shape index (κ3) is 8.99. The quantitative estimate of drug-likeness (QED) is 0.105. The number of hydrogen-bond acceptors (Lipinski definition) is 8. The molecule has 0 amide bonds. The normalized spacial score (nSPS) is 12.0. The van der Waals surface area contributed by atoms with Crippen molar-refractivity contribution in [2.45, 2.75) is 85.5 Å². The molecule has 0 aliphatic rings. The maximum absolute atomic E-state index is 12.4. The molecule has 0 radical (unpaired) electrons. The lowest BCUT2D eigenvalue weighted by Gasteiger charge is -2.33. The van der Waals surface area contributed by atoms with Crippen molar-refractivity contribution in [1.29, 1.82) is 0 Å². The second-order valence-electron chi connectivity index (χ2n) is 16.7. The molecule has 292 valence electrons. The van der Waals surface area contributed by atoms with Gasteiger partial charge in [-0.2, -0.15) is 0 Å². The number of phenols is 2. The number of phenolic OH excluding ortho intramolecular Hbond substituents is 2. The largest absolute Gasteiger partial charge is 0.507 e. The van der Waals surface area contributed by atoms with E-state index in [1.165, 1.54) is 4.80 Å². The van der Waals surface area contributed by atoms with Gasteiger partial charge in [-0.25, -0.2) is 15.0 Å². The van der Waals surface area contributed by atoms with Crippen molar-refractivity contribution in [3.8, 4) is 57.1 Å². The zero-order valence-electron chi connectivity index (χ0n) is 33.8. The minimum Gasteiger partial charge on any atom is -0.507 e. The second-order valence-corrected chi connectivity index (χ2v) is 16.7. The van der Waals surface area contributed by atoms with Crippen molar-refractivity contribution in [3.63, 3.8) is 0 Å². The lowest BCUT2D eigenvalue weighted by molar-refractivity contribution is 0.284. The molecule has 0 atom stereocenters.